The van der Waals surface area contributed by atoms with Gasteiger partial charge in [0.2, 0.25) is 0 Å². The molecule has 0 bridgehead atoms. The molecular formula is C16H20ClFIN3S. The molecule has 0 saturated carbocycles. The number of thiophene rings is 1. The van der Waals surface area contributed by atoms with E-state index in [-0.39, 0.29) is 35.8 Å². The first-order chi connectivity index (χ1) is 10.6. The highest BCUT2D eigenvalue weighted by atomic mass is 127. The number of nitrogens with zero attached hydrogens (tertiary/aromatic N) is 1. The number of rotatable bonds is 5. The molecule has 126 valence electrons. The maximum absolute atomic E-state index is 13.0. The zero-order valence-corrected chi connectivity index (χ0v) is 16.9. The lowest BCUT2D eigenvalue weighted by Gasteiger charge is -2.17. The van der Waals surface area contributed by atoms with Crippen molar-refractivity contribution >= 4 is 52.9 Å². The third kappa shape index (κ3) is 6.27. The molecule has 23 heavy (non-hydrogen) atoms. The van der Waals surface area contributed by atoms with Crippen molar-refractivity contribution in [1.82, 2.24) is 10.6 Å². The van der Waals surface area contributed by atoms with Gasteiger partial charge in [-0.1, -0.05) is 23.7 Å². The Morgan fingerprint density at radius 1 is 1.39 bits per heavy atom. The average molecular weight is 468 g/mol. The lowest BCUT2D eigenvalue weighted by molar-refractivity contribution is 0.626. The highest BCUT2D eigenvalue weighted by Gasteiger charge is 2.08. The van der Waals surface area contributed by atoms with Crippen LogP contribution in [0.25, 0.3) is 0 Å². The molecule has 0 aliphatic rings. The number of aliphatic imine (C=N–C) groups is 1. The largest absolute Gasteiger partial charge is 0.356 e. The molecule has 1 aromatic heterocycles. The van der Waals surface area contributed by atoms with Gasteiger partial charge >= 0.3 is 0 Å². The summed E-state index contributed by atoms with van der Waals surface area (Å²) in [7, 11) is 1.74. The summed E-state index contributed by atoms with van der Waals surface area (Å²) in [5.74, 6) is 0.420. The number of halogens is 3. The Hall–Kier alpha value is -0.860. The van der Waals surface area contributed by atoms with E-state index in [9.17, 15) is 4.39 Å². The van der Waals surface area contributed by atoms with Gasteiger partial charge in [0.1, 0.15) is 5.82 Å². The topological polar surface area (TPSA) is 36.4 Å². The summed E-state index contributed by atoms with van der Waals surface area (Å²) in [6.07, 6.45) is 0.702. The molecule has 0 aliphatic carbocycles. The van der Waals surface area contributed by atoms with Crippen molar-refractivity contribution in [1.29, 1.82) is 0 Å². The minimum atomic E-state index is -0.316. The Morgan fingerprint density at radius 3 is 2.78 bits per heavy atom. The van der Waals surface area contributed by atoms with Gasteiger partial charge < -0.3 is 10.6 Å². The molecule has 0 radical (unpaired) electrons. The van der Waals surface area contributed by atoms with E-state index in [2.05, 4.69) is 34.0 Å². The number of benzene rings is 1. The summed E-state index contributed by atoms with van der Waals surface area (Å²) >= 11 is 7.73. The van der Waals surface area contributed by atoms with E-state index in [1.54, 1.807) is 24.5 Å². The Labute approximate surface area is 162 Å². The van der Waals surface area contributed by atoms with E-state index in [1.165, 1.54) is 17.0 Å². The van der Waals surface area contributed by atoms with Crippen LogP contribution in [0.1, 0.15) is 23.4 Å². The lowest BCUT2D eigenvalue weighted by Crippen LogP contribution is -2.39. The zero-order valence-electron chi connectivity index (χ0n) is 13.0. The van der Waals surface area contributed by atoms with E-state index in [1.807, 2.05) is 6.07 Å². The molecule has 2 rings (SSSR count). The molecule has 7 heteroatoms. The first-order valence-electron chi connectivity index (χ1n) is 7.04. The van der Waals surface area contributed by atoms with Gasteiger partial charge in [-0.05, 0) is 42.5 Å². The van der Waals surface area contributed by atoms with Gasteiger partial charge in [-0.2, -0.15) is 0 Å². The second-order valence-corrected chi connectivity index (χ2v) is 6.25. The second-order valence-electron chi connectivity index (χ2n) is 4.87. The SMILES string of the molecule is CN=C(NCCc1ccc(F)cc1Cl)NC(C)c1cccs1.I. The van der Waals surface area contributed by atoms with Crippen LogP contribution in [0.5, 0.6) is 0 Å². The predicted octanol–water partition coefficient (Wildman–Crippen LogP) is 4.63. The van der Waals surface area contributed by atoms with Gasteiger partial charge in [0.15, 0.2) is 5.96 Å². The smallest absolute Gasteiger partial charge is 0.191 e. The van der Waals surface area contributed by atoms with Crippen molar-refractivity contribution in [3.63, 3.8) is 0 Å². The van der Waals surface area contributed by atoms with Gasteiger partial charge in [-0.15, -0.1) is 35.3 Å². The Bertz CT molecular complexity index is 634. The normalized spacial score (nSPS) is 12.4. The minimum absolute atomic E-state index is 0. The standard InChI is InChI=1S/C16H19ClFN3S.HI/c1-11(15-4-3-9-22-15)21-16(19-2)20-8-7-12-5-6-13(18)10-14(12)17;/h3-6,9-11H,7-8H2,1-2H3,(H2,19,20,21);1H. The van der Waals surface area contributed by atoms with Crippen molar-refractivity contribution in [2.45, 2.75) is 19.4 Å². The maximum atomic E-state index is 13.0. The molecule has 2 N–H and O–H groups in total. The first kappa shape index (κ1) is 20.2. The molecule has 1 aromatic carbocycles. The van der Waals surface area contributed by atoms with E-state index in [0.29, 0.717) is 18.0 Å². The van der Waals surface area contributed by atoms with Crippen molar-refractivity contribution in [2.75, 3.05) is 13.6 Å². The lowest BCUT2D eigenvalue weighted by atomic mass is 10.1. The van der Waals surface area contributed by atoms with Gasteiger partial charge in [0.05, 0.1) is 6.04 Å². The highest BCUT2D eigenvalue weighted by molar-refractivity contribution is 14.0. The molecule has 0 amide bonds. The molecule has 1 atom stereocenters. The van der Waals surface area contributed by atoms with Gasteiger partial charge in [-0.3, -0.25) is 4.99 Å². The van der Waals surface area contributed by atoms with Crippen molar-refractivity contribution < 1.29 is 4.39 Å². The molecule has 1 heterocycles. The fraction of sp³-hybridized carbons (Fsp3) is 0.312. The minimum Gasteiger partial charge on any atom is -0.356 e. The van der Waals surface area contributed by atoms with Crippen LogP contribution in [0.2, 0.25) is 5.02 Å². The number of guanidine groups is 1. The van der Waals surface area contributed by atoms with Gasteiger partial charge in [0.25, 0.3) is 0 Å². The highest BCUT2D eigenvalue weighted by Crippen LogP contribution is 2.18. The van der Waals surface area contributed by atoms with E-state index < -0.39 is 0 Å². The van der Waals surface area contributed by atoms with Crippen molar-refractivity contribution in [3.05, 3.63) is 57.0 Å². The Kier molecular flexibility index (Phi) is 8.86. The van der Waals surface area contributed by atoms with Crippen LogP contribution in [0.3, 0.4) is 0 Å². The fourth-order valence-corrected chi connectivity index (χ4v) is 3.04. The quantitative estimate of drug-likeness (QED) is 0.382. The number of nitrogens with one attached hydrogen (secondary N) is 2. The molecule has 0 aliphatic heterocycles. The molecule has 0 spiro atoms. The Balaban J connectivity index is 0.00000264. The van der Waals surface area contributed by atoms with E-state index in [4.69, 9.17) is 11.6 Å². The third-order valence-electron chi connectivity index (χ3n) is 3.25. The number of hydrogen-bond acceptors (Lipinski definition) is 2. The summed E-state index contributed by atoms with van der Waals surface area (Å²) in [6, 6.07) is 8.79. The van der Waals surface area contributed by atoms with Crippen LogP contribution in [0, 0.1) is 5.82 Å². The predicted molar refractivity (Wildman–Crippen MR) is 108 cm³/mol. The molecule has 1 unspecified atom stereocenters. The average Bonchev–Trinajstić information content (AvgIpc) is 3.02. The maximum Gasteiger partial charge on any atom is 0.191 e. The van der Waals surface area contributed by atoms with Crippen LogP contribution in [-0.2, 0) is 6.42 Å². The molecule has 3 nitrogen and oxygen atoms in total. The monoisotopic (exact) mass is 467 g/mol. The van der Waals surface area contributed by atoms with Crippen LogP contribution < -0.4 is 10.6 Å². The van der Waals surface area contributed by atoms with E-state index >= 15 is 0 Å². The molecule has 2 aromatic rings. The summed E-state index contributed by atoms with van der Waals surface area (Å²) in [5.41, 5.74) is 0.914. The van der Waals surface area contributed by atoms with Gasteiger partial charge in [-0.25, -0.2) is 4.39 Å². The van der Waals surface area contributed by atoms with Crippen LogP contribution in [-0.4, -0.2) is 19.6 Å². The summed E-state index contributed by atoms with van der Waals surface area (Å²) in [5, 5.41) is 9.09. The molecule has 0 saturated heterocycles. The fourth-order valence-electron chi connectivity index (χ4n) is 2.05. The second kappa shape index (κ2) is 10.1. The van der Waals surface area contributed by atoms with Crippen molar-refractivity contribution in [2.24, 2.45) is 4.99 Å². The summed E-state index contributed by atoms with van der Waals surface area (Å²) in [6.45, 7) is 2.76. The molecular weight excluding hydrogens is 448 g/mol. The van der Waals surface area contributed by atoms with E-state index in [0.717, 1.165) is 11.5 Å². The Morgan fingerprint density at radius 2 is 2.17 bits per heavy atom. The molecule has 0 fully saturated rings. The third-order valence-corrected chi connectivity index (χ3v) is 4.66. The van der Waals surface area contributed by atoms with Gasteiger partial charge in [0, 0.05) is 23.5 Å². The number of hydrogen-bond donors (Lipinski definition) is 2. The summed E-state index contributed by atoms with van der Waals surface area (Å²) in [4.78, 5) is 5.47. The van der Waals surface area contributed by atoms with Crippen LogP contribution in [0.4, 0.5) is 4.39 Å². The van der Waals surface area contributed by atoms with Crippen LogP contribution >= 0.6 is 46.9 Å². The first-order valence-corrected chi connectivity index (χ1v) is 8.30. The van der Waals surface area contributed by atoms with Crippen molar-refractivity contribution in [3.8, 4) is 0 Å². The summed E-state index contributed by atoms with van der Waals surface area (Å²) < 4.78 is 13.0. The zero-order chi connectivity index (χ0) is 15.9. The van der Waals surface area contributed by atoms with Crippen LogP contribution in [0.15, 0.2) is 40.7 Å².